The predicted molar refractivity (Wildman–Crippen MR) is 229 cm³/mol. The van der Waals surface area contributed by atoms with Crippen LogP contribution in [0.5, 0.6) is 0 Å². The van der Waals surface area contributed by atoms with Crippen molar-refractivity contribution in [3.05, 3.63) is 95.8 Å². The van der Waals surface area contributed by atoms with Crippen molar-refractivity contribution in [1.29, 1.82) is 0 Å². The Morgan fingerprint density at radius 3 is 2.35 bits per heavy atom. The van der Waals surface area contributed by atoms with Crippen LogP contribution in [0.4, 0.5) is 18.4 Å². The fraction of sp³-hybridized carbons (Fsp3) is 0.458. The number of nitrogens with one attached hydrogen (secondary N) is 2. The zero-order valence-corrected chi connectivity index (χ0v) is 36.0. The van der Waals surface area contributed by atoms with Gasteiger partial charge < -0.3 is 29.9 Å². The second-order valence-electron chi connectivity index (χ2n) is 19.5. The molecule has 5 atom stereocenters. The van der Waals surface area contributed by atoms with Gasteiger partial charge >= 0.3 is 12.2 Å². The van der Waals surface area contributed by atoms with Crippen LogP contribution < -0.4 is 5.32 Å². The van der Waals surface area contributed by atoms with Crippen LogP contribution in [0.1, 0.15) is 108 Å². The first-order chi connectivity index (χ1) is 29.4. The lowest BCUT2D eigenvalue weighted by atomic mass is 9.98. The molecule has 1 spiro atoms. The third kappa shape index (κ3) is 6.50. The number of halogens is 2. The second-order valence-corrected chi connectivity index (χ2v) is 19.5. The number of ether oxygens (including phenoxy) is 2. The average Bonchev–Trinajstić information content (AvgIpc) is 3.83. The highest BCUT2D eigenvalue weighted by molar-refractivity contribution is 5.87. The summed E-state index contributed by atoms with van der Waals surface area (Å²) < 4.78 is 45.1. The van der Waals surface area contributed by atoms with Gasteiger partial charge in [-0.05, 0) is 123 Å². The number of aromatic amines is 1. The molecule has 0 unspecified atom stereocenters. The largest absolute Gasteiger partial charge is 0.453 e. The van der Waals surface area contributed by atoms with Gasteiger partial charge in [0, 0.05) is 35.0 Å². The topological polar surface area (TPSA) is 138 Å². The Morgan fingerprint density at radius 1 is 1.00 bits per heavy atom. The Bertz CT molecular complexity index is 2660. The van der Waals surface area contributed by atoms with Gasteiger partial charge in [-0.2, -0.15) is 13.5 Å². The number of rotatable bonds is 8. The number of fused-ring (bicyclic) bond motifs is 6. The number of alkyl halides is 2. The zero-order valence-electron chi connectivity index (χ0n) is 36.0. The fourth-order valence-corrected chi connectivity index (χ4v) is 10.7. The molecule has 2 amide bonds. The molecular formula is C48H53F2N7O5. The maximum atomic E-state index is 16.7. The number of piperidine rings is 1. The summed E-state index contributed by atoms with van der Waals surface area (Å²) in [6.45, 7) is 14.7. The first kappa shape index (κ1) is 40.2. The first-order valence-corrected chi connectivity index (χ1v) is 21.7. The van der Waals surface area contributed by atoms with Crippen LogP contribution in [0.25, 0.3) is 44.5 Å². The molecule has 2 saturated carbocycles. The third-order valence-corrected chi connectivity index (χ3v) is 14.0. The standard InChI is InChI=1S/C48H53F2N7O5/c1-25(2)40(54-44(58)61-7)26(3)55-24-47(16-17-47)22-38(55)43-51-23-39(57(43)60)29-10-14-33-32-13-9-27(19-34(32)48(49,50)35(33)20-29)28-11-15-36-37(21-28)53-42(52-36)41-30-8-12-31(18-30)56(41)45(59)62-46(4,5)6/h9-11,13-15,19-21,23,25,30-31,38,40-41,60H,3,8,12,16-18,22,24H2,1-2,4-7H3,(H,52,53)(H,54,58)/t30-,31+,38-,40-,41-/m0/s1. The number of amides is 2. The van der Waals surface area contributed by atoms with Gasteiger partial charge in [0.2, 0.25) is 0 Å². The number of aromatic nitrogens is 4. The summed E-state index contributed by atoms with van der Waals surface area (Å²) in [6, 6.07) is 15.0. The SMILES string of the molecule is C=C([C@@H](NC(=O)OC)C(C)C)N1CC2(CC2)C[C@H]1c1ncc(-c2ccc3c(c2)C(F)(F)c2cc(-c4ccc5nc([C@@H]6[C@H]7CC[C@H](C7)N6C(=O)OC(C)(C)C)[nH]c5c4)ccc2-3)n1O. The van der Waals surface area contributed by atoms with Crippen LogP contribution in [-0.4, -0.2) is 78.2 Å². The first-order valence-electron chi connectivity index (χ1n) is 21.7. The number of hydrogen-bond acceptors (Lipinski definition) is 8. The highest BCUT2D eigenvalue weighted by atomic mass is 19.3. The van der Waals surface area contributed by atoms with Crippen LogP contribution in [0.15, 0.2) is 73.1 Å². The van der Waals surface area contributed by atoms with Gasteiger partial charge in [-0.3, -0.25) is 4.90 Å². The molecular weight excluding hydrogens is 793 g/mol. The molecule has 2 saturated heterocycles. The lowest BCUT2D eigenvalue weighted by Crippen LogP contribution is -2.44. The molecule has 5 aliphatic rings. The van der Waals surface area contributed by atoms with Crippen LogP contribution in [-0.2, 0) is 15.4 Å². The van der Waals surface area contributed by atoms with Gasteiger partial charge in [0.15, 0.2) is 5.82 Å². The number of imidazole rings is 2. The van der Waals surface area contributed by atoms with Gasteiger partial charge in [-0.15, -0.1) is 0 Å². The van der Waals surface area contributed by atoms with E-state index in [9.17, 15) is 14.8 Å². The Balaban J connectivity index is 0.915. The maximum Gasteiger partial charge on any atom is 0.411 e. The van der Waals surface area contributed by atoms with Crippen LogP contribution >= 0.6 is 0 Å². The number of hydrogen-bond donors (Lipinski definition) is 3. The van der Waals surface area contributed by atoms with Crippen molar-refractivity contribution in [3.8, 4) is 33.5 Å². The lowest BCUT2D eigenvalue weighted by molar-refractivity contribution is 0.00620. The number of nitrogens with zero attached hydrogens (tertiary/aromatic N) is 5. The lowest BCUT2D eigenvalue weighted by Gasteiger charge is -2.35. The number of carbonyl (C=O) groups is 2. The van der Waals surface area contributed by atoms with E-state index in [1.165, 1.54) is 19.4 Å². The molecule has 4 heterocycles. The smallest absolute Gasteiger partial charge is 0.411 e. The van der Waals surface area contributed by atoms with Crippen molar-refractivity contribution < 1.29 is 33.1 Å². The number of carbonyl (C=O) groups excluding carboxylic acids is 2. The Kier molecular flexibility index (Phi) is 9.10. The summed E-state index contributed by atoms with van der Waals surface area (Å²) in [5.41, 5.74) is 4.44. The molecule has 3 aromatic carbocycles. The molecule has 2 bridgehead atoms. The highest BCUT2D eigenvalue weighted by Crippen LogP contribution is 2.60. The molecule has 2 aliphatic heterocycles. The van der Waals surface area contributed by atoms with E-state index in [1.807, 2.05) is 63.8 Å². The minimum absolute atomic E-state index is 0.0146. The average molecular weight is 846 g/mol. The minimum Gasteiger partial charge on any atom is -0.453 e. The van der Waals surface area contributed by atoms with E-state index < -0.39 is 23.7 Å². The molecule has 12 nitrogen and oxygen atoms in total. The van der Waals surface area contributed by atoms with E-state index >= 15 is 8.78 Å². The van der Waals surface area contributed by atoms with E-state index in [0.29, 0.717) is 51.8 Å². The van der Waals surface area contributed by atoms with Crippen LogP contribution in [0.3, 0.4) is 0 Å². The number of benzene rings is 3. The summed E-state index contributed by atoms with van der Waals surface area (Å²) in [5, 5.41) is 14.6. The minimum atomic E-state index is -3.31. The van der Waals surface area contributed by atoms with Gasteiger partial charge in [-0.25, -0.2) is 19.6 Å². The third-order valence-electron chi connectivity index (χ3n) is 14.0. The molecule has 3 N–H and O–H groups in total. The molecule has 2 aromatic heterocycles. The summed E-state index contributed by atoms with van der Waals surface area (Å²) in [5.74, 6) is -1.91. The maximum absolute atomic E-state index is 16.7. The molecule has 14 heteroatoms. The second kappa shape index (κ2) is 14.0. The van der Waals surface area contributed by atoms with E-state index in [0.717, 1.165) is 59.9 Å². The van der Waals surface area contributed by atoms with E-state index in [4.69, 9.17) is 14.5 Å². The van der Waals surface area contributed by atoms with Gasteiger partial charge in [-0.1, -0.05) is 50.8 Å². The van der Waals surface area contributed by atoms with E-state index in [1.54, 1.807) is 24.3 Å². The van der Waals surface area contributed by atoms with Crippen molar-refractivity contribution in [2.45, 2.75) is 109 Å². The van der Waals surface area contributed by atoms with Crippen molar-refractivity contribution in [3.63, 3.8) is 0 Å². The summed E-state index contributed by atoms with van der Waals surface area (Å²) in [4.78, 5) is 42.7. The Labute approximate surface area is 359 Å². The zero-order chi connectivity index (χ0) is 43.6. The predicted octanol–water partition coefficient (Wildman–Crippen LogP) is 10.3. The number of H-pyrrole nitrogens is 1. The molecule has 10 rings (SSSR count). The fourth-order valence-electron chi connectivity index (χ4n) is 10.7. The van der Waals surface area contributed by atoms with E-state index in [2.05, 4.69) is 26.8 Å². The number of methoxy groups -OCH3 is 1. The van der Waals surface area contributed by atoms with E-state index in [-0.39, 0.29) is 52.6 Å². The summed E-state index contributed by atoms with van der Waals surface area (Å²) >= 11 is 0. The van der Waals surface area contributed by atoms with Crippen molar-refractivity contribution >= 4 is 23.2 Å². The monoisotopic (exact) mass is 845 g/mol. The molecule has 4 fully saturated rings. The molecule has 5 aromatic rings. The summed E-state index contributed by atoms with van der Waals surface area (Å²) in [6.07, 6.45) is 6.36. The molecule has 62 heavy (non-hydrogen) atoms. The Hall–Kier alpha value is -5.92. The molecule has 0 radical (unpaired) electrons. The van der Waals surface area contributed by atoms with Gasteiger partial charge in [0.1, 0.15) is 17.1 Å². The van der Waals surface area contributed by atoms with Crippen LogP contribution in [0, 0.1) is 17.3 Å². The molecule has 324 valence electrons. The Morgan fingerprint density at radius 2 is 1.68 bits per heavy atom. The molecule has 3 aliphatic carbocycles. The van der Waals surface area contributed by atoms with Crippen LogP contribution in [0.2, 0.25) is 0 Å². The normalized spacial score (nSPS) is 23.2. The van der Waals surface area contributed by atoms with Crippen molar-refractivity contribution in [1.82, 2.24) is 34.8 Å². The van der Waals surface area contributed by atoms with Gasteiger partial charge in [0.25, 0.3) is 5.92 Å². The van der Waals surface area contributed by atoms with Gasteiger partial charge in [0.05, 0.1) is 42.5 Å². The quantitative estimate of drug-likeness (QED) is 0.131. The summed E-state index contributed by atoms with van der Waals surface area (Å²) in [7, 11) is 1.32. The van der Waals surface area contributed by atoms with Crippen molar-refractivity contribution in [2.24, 2.45) is 17.3 Å². The highest BCUT2D eigenvalue weighted by Gasteiger charge is 2.55. The number of alkyl carbamates (subject to hydrolysis) is 1. The van der Waals surface area contributed by atoms with Crippen molar-refractivity contribution in [2.75, 3.05) is 13.7 Å². The number of likely N-dealkylation sites (tertiary alicyclic amines) is 2.